The van der Waals surface area contributed by atoms with Crippen LogP contribution in [0.2, 0.25) is 0 Å². The first-order chi connectivity index (χ1) is 11.1. The van der Waals surface area contributed by atoms with Crippen molar-refractivity contribution >= 4 is 27.5 Å². The fourth-order valence-corrected chi connectivity index (χ4v) is 3.47. The average Bonchev–Trinajstić information content (AvgIpc) is 2.86. The minimum atomic E-state index is -0.640. The molecule has 6 heteroatoms. The molecule has 2 aromatic carbocycles. The first-order valence-corrected chi connectivity index (χ1v) is 8.04. The Morgan fingerprint density at radius 1 is 1.22 bits per heavy atom. The summed E-state index contributed by atoms with van der Waals surface area (Å²) >= 11 is 1.11. The van der Waals surface area contributed by atoms with Crippen molar-refractivity contribution in [2.45, 2.75) is 19.9 Å². The van der Waals surface area contributed by atoms with E-state index in [1.165, 1.54) is 6.07 Å². The molecule has 3 nitrogen and oxygen atoms in total. The summed E-state index contributed by atoms with van der Waals surface area (Å²) in [5, 5.41) is 0. The third-order valence-corrected chi connectivity index (χ3v) is 4.39. The number of aromatic nitrogens is 1. The average molecular weight is 332 g/mol. The van der Waals surface area contributed by atoms with E-state index in [-0.39, 0.29) is 5.52 Å². The Kier molecular flexibility index (Phi) is 4.34. The molecule has 1 aromatic heterocycles. The van der Waals surface area contributed by atoms with E-state index in [0.717, 1.165) is 23.8 Å². The second kappa shape index (κ2) is 6.42. The lowest BCUT2D eigenvalue weighted by Gasteiger charge is -2.03. The molecule has 118 valence electrons. The summed E-state index contributed by atoms with van der Waals surface area (Å²) in [7, 11) is 0. The third kappa shape index (κ3) is 3.07. The fraction of sp³-hybridized carbons (Fsp3) is 0.176. The van der Waals surface area contributed by atoms with Gasteiger partial charge < -0.3 is 4.57 Å². The summed E-state index contributed by atoms with van der Waals surface area (Å²) in [5.41, 5.74) is 0.748. The van der Waals surface area contributed by atoms with Crippen molar-refractivity contribution in [2.75, 3.05) is 0 Å². The van der Waals surface area contributed by atoms with Gasteiger partial charge in [0.25, 0.3) is 5.91 Å². The molecule has 23 heavy (non-hydrogen) atoms. The molecule has 1 heterocycles. The minimum absolute atomic E-state index is 0.290. The van der Waals surface area contributed by atoms with Gasteiger partial charge in [-0.2, -0.15) is 4.99 Å². The van der Waals surface area contributed by atoms with E-state index in [0.29, 0.717) is 21.6 Å². The number of hydrogen-bond acceptors (Lipinski definition) is 2. The smallest absolute Gasteiger partial charge is 0.279 e. The van der Waals surface area contributed by atoms with Crippen LogP contribution >= 0.6 is 11.3 Å². The van der Waals surface area contributed by atoms with Crippen LogP contribution in [0.1, 0.15) is 23.7 Å². The molecule has 3 rings (SSSR count). The number of halogens is 2. The molecule has 0 aliphatic heterocycles. The lowest BCUT2D eigenvalue weighted by molar-refractivity contribution is 0.0998. The van der Waals surface area contributed by atoms with Gasteiger partial charge in [0.2, 0.25) is 0 Å². The zero-order valence-electron chi connectivity index (χ0n) is 12.4. The Balaban J connectivity index is 2.20. The molecule has 0 spiro atoms. The van der Waals surface area contributed by atoms with E-state index in [2.05, 4.69) is 4.99 Å². The molecule has 0 atom stereocenters. The normalized spacial score (nSPS) is 12.0. The maximum absolute atomic E-state index is 14.1. The SMILES string of the molecule is CCCn1c(=NC(=O)c2ccccc2)sc2cc(F)cc(F)c21. The molecule has 0 N–H and O–H groups in total. The monoisotopic (exact) mass is 332 g/mol. The first kappa shape index (κ1) is 15.6. The van der Waals surface area contributed by atoms with Gasteiger partial charge in [0.1, 0.15) is 5.82 Å². The van der Waals surface area contributed by atoms with Gasteiger partial charge in [-0.1, -0.05) is 36.5 Å². The predicted octanol–water partition coefficient (Wildman–Crippen LogP) is 4.13. The van der Waals surface area contributed by atoms with Crippen LogP contribution in [0.4, 0.5) is 8.78 Å². The molecule has 0 fully saturated rings. The first-order valence-electron chi connectivity index (χ1n) is 7.22. The van der Waals surface area contributed by atoms with Crippen LogP contribution in [0.15, 0.2) is 47.5 Å². The Hall–Kier alpha value is -2.34. The van der Waals surface area contributed by atoms with Crippen LogP contribution in [0.5, 0.6) is 0 Å². The molecule has 3 aromatic rings. The van der Waals surface area contributed by atoms with E-state index in [9.17, 15) is 13.6 Å². The van der Waals surface area contributed by atoms with Gasteiger partial charge in [-0.15, -0.1) is 0 Å². The number of hydrogen-bond donors (Lipinski definition) is 0. The summed E-state index contributed by atoms with van der Waals surface area (Å²) in [6.45, 7) is 2.45. The molecular weight excluding hydrogens is 318 g/mol. The zero-order valence-corrected chi connectivity index (χ0v) is 13.2. The molecule has 0 saturated heterocycles. The van der Waals surface area contributed by atoms with Crippen LogP contribution < -0.4 is 4.80 Å². The van der Waals surface area contributed by atoms with Crippen molar-refractivity contribution in [2.24, 2.45) is 4.99 Å². The summed E-state index contributed by atoms with van der Waals surface area (Å²) in [5.74, 6) is -1.68. The van der Waals surface area contributed by atoms with Crippen LogP contribution in [-0.4, -0.2) is 10.5 Å². The van der Waals surface area contributed by atoms with Crippen molar-refractivity contribution in [1.82, 2.24) is 4.57 Å². The Labute approximate surface area is 135 Å². The molecule has 0 aliphatic rings. The highest BCUT2D eigenvalue weighted by molar-refractivity contribution is 7.16. The summed E-state index contributed by atoms with van der Waals surface area (Å²) in [4.78, 5) is 16.7. The van der Waals surface area contributed by atoms with Gasteiger partial charge >= 0.3 is 0 Å². The number of carbonyl (C=O) groups is 1. The van der Waals surface area contributed by atoms with Crippen molar-refractivity contribution in [1.29, 1.82) is 0 Å². The Morgan fingerprint density at radius 2 is 1.96 bits per heavy atom. The van der Waals surface area contributed by atoms with Crippen LogP contribution in [0.3, 0.4) is 0 Å². The number of nitrogens with zero attached hydrogens (tertiary/aromatic N) is 2. The molecule has 0 unspecified atom stereocenters. The maximum Gasteiger partial charge on any atom is 0.279 e. The molecule has 0 bridgehead atoms. The topological polar surface area (TPSA) is 34.4 Å². The van der Waals surface area contributed by atoms with E-state index < -0.39 is 17.5 Å². The highest BCUT2D eigenvalue weighted by Gasteiger charge is 2.13. The summed E-state index contributed by atoms with van der Waals surface area (Å²) in [6.07, 6.45) is 0.745. The maximum atomic E-state index is 14.1. The molecular formula is C17H14F2N2OS. The summed E-state index contributed by atoms with van der Waals surface area (Å²) in [6, 6.07) is 10.8. The number of thiazole rings is 1. The standard InChI is InChI=1S/C17H14F2N2OS/c1-2-8-21-15-13(19)9-12(18)10-14(15)23-17(21)20-16(22)11-6-4-3-5-7-11/h3-7,9-10H,2,8H2,1H3. The highest BCUT2D eigenvalue weighted by Crippen LogP contribution is 2.22. The summed E-state index contributed by atoms with van der Waals surface area (Å²) < 4.78 is 29.6. The number of benzene rings is 2. The molecule has 1 amide bonds. The minimum Gasteiger partial charge on any atom is -0.314 e. The van der Waals surface area contributed by atoms with E-state index in [4.69, 9.17) is 0 Å². The number of carbonyl (C=O) groups excluding carboxylic acids is 1. The van der Waals surface area contributed by atoms with Gasteiger partial charge in [-0.25, -0.2) is 8.78 Å². The molecule has 0 saturated carbocycles. The lowest BCUT2D eigenvalue weighted by atomic mass is 10.2. The van der Waals surface area contributed by atoms with Crippen molar-refractivity contribution in [3.05, 3.63) is 64.5 Å². The van der Waals surface area contributed by atoms with E-state index >= 15 is 0 Å². The largest absolute Gasteiger partial charge is 0.314 e. The van der Waals surface area contributed by atoms with Gasteiger partial charge in [0.15, 0.2) is 10.6 Å². The van der Waals surface area contributed by atoms with Crippen LogP contribution in [-0.2, 0) is 6.54 Å². The van der Waals surface area contributed by atoms with Crippen molar-refractivity contribution < 1.29 is 13.6 Å². The van der Waals surface area contributed by atoms with Gasteiger partial charge in [-0.05, 0) is 24.6 Å². The predicted molar refractivity (Wildman–Crippen MR) is 86.4 cm³/mol. The van der Waals surface area contributed by atoms with Crippen LogP contribution in [0.25, 0.3) is 10.2 Å². The van der Waals surface area contributed by atoms with Gasteiger partial charge in [-0.3, -0.25) is 4.79 Å². The van der Waals surface area contributed by atoms with Crippen molar-refractivity contribution in [3.8, 4) is 0 Å². The highest BCUT2D eigenvalue weighted by atomic mass is 32.1. The third-order valence-electron chi connectivity index (χ3n) is 3.36. The van der Waals surface area contributed by atoms with E-state index in [1.54, 1.807) is 28.8 Å². The fourth-order valence-electron chi connectivity index (χ4n) is 2.38. The van der Waals surface area contributed by atoms with Gasteiger partial charge in [0.05, 0.1) is 10.2 Å². The van der Waals surface area contributed by atoms with Gasteiger partial charge in [0, 0.05) is 18.2 Å². The quantitative estimate of drug-likeness (QED) is 0.710. The zero-order chi connectivity index (χ0) is 16.4. The van der Waals surface area contributed by atoms with E-state index in [1.807, 2.05) is 13.0 Å². The lowest BCUT2D eigenvalue weighted by Crippen LogP contribution is -2.17. The number of fused-ring (bicyclic) bond motifs is 1. The molecule has 0 aliphatic carbocycles. The van der Waals surface area contributed by atoms with Crippen LogP contribution in [0, 0.1) is 11.6 Å². The second-order valence-corrected chi connectivity index (χ2v) is 6.06. The Bertz CT molecular complexity index is 929. The van der Waals surface area contributed by atoms with Crippen molar-refractivity contribution in [3.63, 3.8) is 0 Å². The second-order valence-electron chi connectivity index (χ2n) is 5.05. The molecule has 0 radical (unpaired) electrons. The number of aryl methyl sites for hydroxylation is 1. The number of amides is 1. The Morgan fingerprint density at radius 3 is 2.65 bits per heavy atom. The number of rotatable bonds is 3.